The second-order valence-electron chi connectivity index (χ2n) is 7.81. The summed E-state index contributed by atoms with van der Waals surface area (Å²) in [7, 11) is 1.36. The zero-order chi connectivity index (χ0) is 24.2. The van der Waals surface area contributed by atoms with Crippen LogP contribution in [-0.4, -0.2) is 30.4 Å². The van der Waals surface area contributed by atoms with Crippen LogP contribution in [0, 0.1) is 6.92 Å². The number of rotatable bonds is 7. The average molecular weight is 460 g/mol. The summed E-state index contributed by atoms with van der Waals surface area (Å²) in [6.45, 7) is 3.95. The molecule has 0 unspecified atom stereocenters. The lowest BCUT2D eigenvalue weighted by molar-refractivity contribution is -0.116. The lowest BCUT2D eigenvalue weighted by atomic mass is 10.1. The van der Waals surface area contributed by atoms with Gasteiger partial charge in [-0.05, 0) is 37.1 Å². The van der Waals surface area contributed by atoms with Gasteiger partial charge in [0, 0.05) is 25.6 Å². The van der Waals surface area contributed by atoms with Gasteiger partial charge in [-0.15, -0.1) is 0 Å². The van der Waals surface area contributed by atoms with Gasteiger partial charge in [-0.2, -0.15) is 14.8 Å². The van der Waals surface area contributed by atoms with Gasteiger partial charge in [-0.3, -0.25) is 14.2 Å². The Morgan fingerprint density at radius 1 is 1.09 bits per heavy atom. The molecule has 2 heterocycles. The number of hydrogen-bond acceptors (Lipinski definition) is 7. The molecule has 0 saturated carbocycles. The van der Waals surface area contributed by atoms with Crippen LogP contribution in [-0.2, 0) is 24.7 Å². The van der Waals surface area contributed by atoms with Gasteiger partial charge < -0.3 is 9.84 Å². The Balaban J connectivity index is 1.54. The quantitative estimate of drug-likeness (QED) is 0.449. The summed E-state index contributed by atoms with van der Waals surface area (Å²) in [5.41, 5.74) is 1.97. The topological polar surface area (TPSA) is 125 Å². The molecule has 0 aliphatic rings. The van der Waals surface area contributed by atoms with Crippen molar-refractivity contribution < 1.29 is 9.32 Å². The van der Waals surface area contributed by atoms with E-state index >= 15 is 0 Å². The van der Waals surface area contributed by atoms with Crippen LogP contribution in [0.5, 0.6) is 0 Å². The lowest BCUT2D eigenvalue weighted by Gasteiger charge is -2.08. The van der Waals surface area contributed by atoms with E-state index in [1.807, 2.05) is 50.2 Å². The minimum absolute atomic E-state index is 0.0480. The molecule has 4 aromatic rings. The molecule has 10 heteroatoms. The molecule has 4 rings (SSSR count). The Morgan fingerprint density at radius 3 is 2.56 bits per heavy atom. The van der Waals surface area contributed by atoms with Crippen molar-refractivity contribution in [2.24, 2.45) is 7.05 Å². The Kier molecular flexibility index (Phi) is 6.48. The fraction of sp³-hybridized carbons (Fsp3) is 0.250. The standard InChI is InChI=1S/C24H24N6O4/c1-4-16-7-5-6-8-18(16)25-19(31)13-14-20-26-22(28-34-20)21-23(32)29(3)24(33)30(27-21)17-11-9-15(2)10-12-17/h5-12H,4,13-14H2,1-3H3,(H,25,31). The number of benzene rings is 2. The Hall–Kier alpha value is -4.34. The van der Waals surface area contributed by atoms with Crippen molar-refractivity contribution in [3.05, 3.63) is 86.4 Å². The number of hydrogen-bond donors (Lipinski definition) is 1. The van der Waals surface area contributed by atoms with E-state index in [4.69, 9.17) is 4.52 Å². The molecule has 1 N–H and O–H groups in total. The van der Waals surface area contributed by atoms with Crippen LogP contribution in [0.3, 0.4) is 0 Å². The smallest absolute Gasteiger partial charge is 0.339 e. The van der Waals surface area contributed by atoms with Gasteiger partial charge in [-0.1, -0.05) is 48.0 Å². The van der Waals surface area contributed by atoms with E-state index in [1.54, 1.807) is 12.1 Å². The summed E-state index contributed by atoms with van der Waals surface area (Å²) in [5, 5.41) is 10.9. The van der Waals surface area contributed by atoms with E-state index in [9.17, 15) is 14.4 Å². The number of carbonyl (C=O) groups is 1. The molecule has 2 aromatic carbocycles. The van der Waals surface area contributed by atoms with Gasteiger partial charge in [0.15, 0.2) is 5.69 Å². The molecule has 0 fully saturated rings. The number of nitrogens with zero attached hydrogens (tertiary/aromatic N) is 5. The van der Waals surface area contributed by atoms with Gasteiger partial charge in [0.25, 0.3) is 5.56 Å². The molecule has 0 aliphatic heterocycles. The van der Waals surface area contributed by atoms with Crippen LogP contribution in [0.4, 0.5) is 5.69 Å². The molecule has 0 aliphatic carbocycles. The van der Waals surface area contributed by atoms with E-state index in [0.717, 1.165) is 32.5 Å². The van der Waals surface area contributed by atoms with Crippen LogP contribution in [0.2, 0.25) is 0 Å². The van der Waals surface area contributed by atoms with Crippen molar-refractivity contribution in [1.82, 2.24) is 24.5 Å². The zero-order valence-corrected chi connectivity index (χ0v) is 19.1. The Bertz CT molecular complexity index is 1450. The second-order valence-corrected chi connectivity index (χ2v) is 7.81. The third kappa shape index (κ3) is 4.70. The molecule has 0 atom stereocenters. The van der Waals surface area contributed by atoms with E-state index in [0.29, 0.717) is 5.69 Å². The minimum Gasteiger partial charge on any atom is -0.339 e. The number of amides is 1. The van der Waals surface area contributed by atoms with Crippen LogP contribution in [0.15, 0.2) is 62.6 Å². The lowest BCUT2D eigenvalue weighted by Crippen LogP contribution is -2.40. The molecule has 34 heavy (non-hydrogen) atoms. The maximum Gasteiger partial charge on any atom is 0.351 e. The first-order valence-corrected chi connectivity index (χ1v) is 10.9. The third-order valence-electron chi connectivity index (χ3n) is 5.37. The Morgan fingerprint density at radius 2 is 1.82 bits per heavy atom. The molecule has 174 valence electrons. The van der Waals surface area contributed by atoms with Crippen molar-refractivity contribution >= 4 is 11.6 Å². The highest BCUT2D eigenvalue weighted by Crippen LogP contribution is 2.16. The summed E-state index contributed by atoms with van der Waals surface area (Å²) in [6.07, 6.45) is 1.11. The number of aryl methyl sites for hydroxylation is 3. The first-order chi connectivity index (χ1) is 16.4. The summed E-state index contributed by atoms with van der Waals surface area (Å²) in [5.74, 6) is -0.0540. The SMILES string of the molecule is CCc1ccccc1NC(=O)CCc1nc(-c2nn(-c3ccc(C)cc3)c(=O)n(C)c2=O)no1. The van der Waals surface area contributed by atoms with Crippen molar-refractivity contribution in [3.8, 4) is 17.2 Å². The number of nitrogens with one attached hydrogen (secondary N) is 1. The van der Waals surface area contributed by atoms with Gasteiger partial charge in [0.05, 0.1) is 5.69 Å². The first-order valence-electron chi connectivity index (χ1n) is 10.9. The molecule has 1 amide bonds. The van der Waals surface area contributed by atoms with Crippen LogP contribution < -0.4 is 16.6 Å². The Labute approximate surface area is 194 Å². The van der Waals surface area contributed by atoms with E-state index < -0.39 is 11.2 Å². The molecular weight excluding hydrogens is 436 g/mol. The molecular formula is C24H24N6O4. The zero-order valence-electron chi connectivity index (χ0n) is 19.1. The normalized spacial score (nSPS) is 10.9. The maximum atomic E-state index is 12.7. The molecule has 0 saturated heterocycles. The average Bonchev–Trinajstić information content (AvgIpc) is 3.31. The van der Waals surface area contributed by atoms with Crippen molar-refractivity contribution in [1.29, 1.82) is 0 Å². The van der Waals surface area contributed by atoms with E-state index in [-0.39, 0.29) is 36.2 Å². The first kappa shape index (κ1) is 22.8. The van der Waals surface area contributed by atoms with Crippen molar-refractivity contribution in [2.45, 2.75) is 33.1 Å². The van der Waals surface area contributed by atoms with Crippen molar-refractivity contribution in [2.75, 3.05) is 5.32 Å². The fourth-order valence-corrected chi connectivity index (χ4v) is 3.40. The monoisotopic (exact) mass is 460 g/mol. The molecule has 0 bridgehead atoms. The van der Waals surface area contributed by atoms with Crippen LogP contribution >= 0.6 is 0 Å². The molecule has 10 nitrogen and oxygen atoms in total. The summed E-state index contributed by atoms with van der Waals surface area (Å²) in [6, 6.07) is 14.7. The van der Waals surface area contributed by atoms with Gasteiger partial charge >= 0.3 is 5.69 Å². The predicted molar refractivity (Wildman–Crippen MR) is 126 cm³/mol. The number of para-hydroxylation sites is 1. The third-order valence-corrected chi connectivity index (χ3v) is 5.37. The maximum absolute atomic E-state index is 12.7. The summed E-state index contributed by atoms with van der Waals surface area (Å²) >= 11 is 0. The highest BCUT2D eigenvalue weighted by Gasteiger charge is 2.19. The predicted octanol–water partition coefficient (Wildman–Crippen LogP) is 2.42. The highest BCUT2D eigenvalue weighted by molar-refractivity contribution is 5.91. The highest BCUT2D eigenvalue weighted by atomic mass is 16.5. The molecule has 0 radical (unpaired) electrons. The van der Waals surface area contributed by atoms with Gasteiger partial charge in [0.1, 0.15) is 0 Å². The van der Waals surface area contributed by atoms with Crippen LogP contribution in [0.25, 0.3) is 17.2 Å². The fourth-order valence-electron chi connectivity index (χ4n) is 3.40. The number of anilines is 1. The van der Waals surface area contributed by atoms with E-state index in [1.165, 1.54) is 7.05 Å². The largest absolute Gasteiger partial charge is 0.351 e. The van der Waals surface area contributed by atoms with Gasteiger partial charge in [-0.25, -0.2) is 4.79 Å². The second kappa shape index (κ2) is 9.65. The molecule has 2 aromatic heterocycles. The number of carbonyl (C=O) groups excluding carboxylic acids is 1. The minimum atomic E-state index is -0.644. The number of aromatic nitrogens is 5. The van der Waals surface area contributed by atoms with Gasteiger partial charge in [0.2, 0.25) is 17.6 Å². The van der Waals surface area contributed by atoms with Crippen molar-refractivity contribution in [3.63, 3.8) is 0 Å². The molecule has 0 spiro atoms. The van der Waals surface area contributed by atoms with E-state index in [2.05, 4.69) is 20.6 Å². The summed E-state index contributed by atoms with van der Waals surface area (Å²) < 4.78 is 7.29. The van der Waals surface area contributed by atoms with Crippen LogP contribution in [0.1, 0.15) is 30.4 Å². The summed E-state index contributed by atoms with van der Waals surface area (Å²) in [4.78, 5) is 41.9.